The lowest BCUT2D eigenvalue weighted by Crippen LogP contribution is -2.29. The highest BCUT2D eigenvalue weighted by Gasteiger charge is 2.24. The zero-order valence-corrected chi connectivity index (χ0v) is 21.7. The van der Waals surface area contributed by atoms with Gasteiger partial charge in [0, 0.05) is 10.9 Å². The molecule has 8 heteroatoms. The normalized spacial score (nSPS) is 12.5. The van der Waals surface area contributed by atoms with Crippen molar-refractivity contribution in [3.05, 3.63) is 95.1 Å². The van der Waals surface area contributed by atoms with Gasteiger partial charge in [0.2, 0.25) is 10.0 Å². The number of rotatable bonds is 6. The molecule has 5 rings (SSSR count). The van der Waals surface area contributed by atoms with Crippen LogP contribution in [0.25, 0.3) is 33.3 Å². The van der Waals surface area contributed by atoms with E-state index in [1.54, 1.807) is 12.1 Å². The van der Waals surface area contributed by atoms with Crippen LogP contribution < -0.4 is 9.46 Å². The maximum Gasteiger partial charge on any atom is 0.265 e. The van der Waals surface area contributed by atoms with Gasteiger partial charge in [-0.1, -0.05) is 54.6 Å². The minimum atomic E-state index is -3.82. The summed E-state index contributed by atoms with van der Waals surface area (Å²) < 4.78 is 38.5. The monoisotopic (exact) mass is 514 g/mol. The van der Waals surface area contributed by atoms with Crippen LogP contribution in [0.5, 0.6) is 5.75 Å². The Morgan fingerprint density at radius 2 is 1.70 bits per heavy atom. The number of para-hydroxylation sites is 1. The van der Waals surface area contributed by atoms with Gasteiger partial charge in [-0.05, 0) is 50.1 Å². The second-order valence-corrected chi connectivity index (χ2v) is 10.8. The first-order valence-electron chi connectivity index (χ1n) is 11.8. The number of aromatic nitrogens is 1. The molecule has 0 bridgehead atoms. The molecule has 0 saturated carbocycles. The van der Waals surface area contributed by atoms with Gasteiger partial charge in [0.05, 0.1) is 22.7 Å². The number of sulfonamides is 1. The number of hydrogen-bond acceptors (Lipinski definition) is 6. The number of furan rings is 1. The highest BCUT2D eigenvalue weighted by molar-refractivity contribution is 7.89. The van der Waals surface area contributed by atoms with Gasteiger partial charge in [0.15, 0.2) is 5.76 Å². The number of pyridine rings is 1. The molecular formula is C29H26N2O5S. The van der Waals surface area contributed by atoms with Crippen molar-refractivity contribution in [1.29, 1.82) is 0 Å². The van der Waals surface area contributed by atoms with Crippen LogP contribution in [0.1, 0.15) is 40.1 Å². The summed E-state index contributed by atoms with van der Waals surface area (Å²) in [6.45, 7) is 5.72. The summed E-state index contributed by atoms with van der Waals surface area (Å²) in [5, 5.41) is 1.37. The standard InChI is InChI=1S/C29H26N2O5S/c1-17-14-15-25(35-19(3)20-10-6-5-7-11-20)26-22(29(32)31-37(4,33)34)16-23(30-27(17)26)28-18(2)21-12-8-9-13-24(21)36-28/h5-16,19H,1-4H3,(H,31,32)/t19-/m1/s1. The molecule has 0 aliphatic carbocycles. The fourth-order valence-corrected chi connectivity index (χ4v) is 4.91. The van der Waals surface area contributed by atoms with E-state index >= 15 is 0 Å². The second-order valence-electron chi connectivity index (χ2n) is 9.09. The van der Waals surface area contributed by atoms with Crippen molar-refractivity contribution in [3.8, 4) is 17.2 Å². The summed E-state index contributed by atoms with van der Waals surface area (Å²) in [6.07, 6.45) is 0.619. The van der Waals surface area contributed by atoms with Crippen molar-refractivity contribution in [2.75, 3.05) is 6.26 Å². The fraction of sp³-hybridized carbons (Fsp3) is 0.172. The van der Waals surface area contributed by atoms with Crippen molar-refractivity contribution < 1.29 is 22.4 Å². The van der Waals surface area contributed by atoms with Crippen LogP contribution in [-0.4, -0.2) is 25.6 Å². The zero-order valence-electron chi connectivity index (χ0n) is 20.9. The third-order valence-corrected chi connectivity index (χ3v) is 6.85. The molecule has 2 heterocycles. The smallest absolute Gasteiger partial charge is 0.265 e. The Kier molecular flexibility index (Phi) is 6.21. The molecule has 0 aliphatic heterocycles. The van der Waals surface area contributed by atoms with E-state index in [-0.39, 0.29) is 11.7 Å². The predicted octanol–water partition coefficient (Wildman–Crippen LogP) is 6.09. The van der Waals surface area contributed by atoms with Gasteiger partial charge in [-0.2, -0.15) is 0 Å². The Labute approximate surface area is 215 Å². The lowest BCUT2D eigenvalue weighted by molar-refractivity contribution is 0.0982. The Hall–Kier alpha value is -4.17. The van der Waals surface area contributed by atoms with E-state index in [9.17, 15) is 13.2 Å². The summed E-state index contributed by atoms with van der Waals surface area (Å²) in [5.41, 5.74) is 4.41. The van der Waals surface area contributed by atoms with E-state index in [1.165, 1.54) is 0 Å². The van der Waals surface area contributed by atoms with Crippen LogP contribution >= 0.6 is 0 Å². The van der Waals surface area contributed by atoms with E-state index in [1.807, 2.05) is 81.4 Å². The number of aryl methyl sites for hydroxylation is 2. The van der Waals surface area contributed by atoms with Crippen LogP contribution in [0.4, 0.5) is 0 Å². The maximum absolute atomic E-state index is 13.3. The summed E-state index contributed by atoms with van der Waals surface area (Å²) >= 11 is 0. The van der Waals surface area contributed by atoms with Gasteiger partial charge >= 0.3 is 0 Å². The van der Waals surface area contributed by atoms with Crippen molar-refractivity contribution in [3.63, 3.8) is 0 Å². The zero-order chi connectivity index (χ0) is 26.3. The van der Waals surface area contributed by atoms with E-state index < -0.39 is 15.9 Å². The lowest BCUT2D eigenvalue weighted by Gasteiger charge is -2.19. The largest absolute Gasteiger partial charge is 0.485 e. The van der Waals surface area contributed by atoms with E-state index in [0.717, 1.165) is 28.3 Å². The molecule has 3 aromatic carbocycles. The van der Waals surface area contributed by atoms with Crippen molar-refractivity contribution in [2.24, 2.45) is 0 Å². The Morgan fingerprint density at radius 3 is 2.41 bits per heavy atom. The van der Waals surface area contributed by atoms with E-state index in [4.69, 9.17) is 14.1 Å². The predicted molar refractivity (Wildman–Crippen MR) is 144 cm³/mol. The van der Waals surface area contributed by atoms with Crippen molar-refractivity contribution >= 4 is 37.8 Å². The van der Waals surface area contributed by atoms with Crippen LogP contribution in [0.15, 0.2) is 77.2 Å². The number of carbonyl (C=O) groups is 1. The molecule has 7 nitrogen and oxygen atoms in total. The molecule has 0 radical (unpaired) electrons. The van der Waals surface area contributed by atoms with Crippen molar-refractivity contribution in [1.82, 2.24) is 9.71 Å². The third kappa shape index (κ3) is 4.80. The minimum absolute atomic E-state index is 0.129. The van der Waals surface area contributed by atoms with Crippen LogP contribution in [0, 0.1) is 13.8 Å². The van der Waals surface area contributed by atoms with Gasteiger partial charge < -0.3 is 9.15 Å². The number of benzene rings is 3. The Balaban J connectivity index is 1.74. The molecule has 5 aromatic rings. The number of ether oxygens (including phenoxy) is 1. The first-order valence-corrected chi connectivity index (χ1v) is 13.7. The average Bonchev–Trinajstić information content (AvgIpc) is 3.21. The van der Waals surface area contributed by atoms with E-state index in [2.05, 4.69) is 4.72 Å². The topological polar surface area (TPSA) is 98.5 Å². The highest BCUT2D eigenvalue weighted by atomic mass is 32.2. The number of nitrogens with zero attached hydrogens (tertiary/aromatic N) is 1. The summed E-state index contributed by atoms with van der Waals surface area (Å²) in [4.78, 5) is 18.2. The molecule has 0 fully saturated rings. The fourth-order valence-electron chi connectivity index (χ4n) is 4.46. The molecule has 0 spiro atoms. The van der Waals surface area contributed by atoms with Gasteiger partial charge in [0.1, 0.15) is 23.1 Å². The summed E-state index contributed by atoms with van der Waals surface area (Å²) in [5.74, 6) is 0.170. The van der Waals surface area contributed by atoms with Crippen LogP contribution in [0.2, 0.25) is 0 Å². The molecule has 1 atom stereocenters. The SMILES string of the molecule is Cc1c(-c2cc(C(=O)NS(C)(=O)=O)c3c(O[C@H](C)c4ccccc4)ccc(C)c3n2)oc2ccccc12. The van der Waals surface area contributed by atoms with Crippen molar-refractivity contribution in [2.45, 2.75) is 26.9 Å². The Morgan fingerprint density at radius 1 is 1.00 bits per heavy atom. The molecule has 37 heavy (non-hydrogen) atoms. The molecule has 0 aliphatic rings. The quantitative estimate of drug-likeness (QED) is 0.294. The molecule has 0 saturated heterocycles. The summed E-state index contributed by atoms with van der Waals surface area (Å²) in [7, 11) is -3.82. The van der Waals surface area contributed by atoms with Gasteiger partial charge in [0.25, 0.3) is 5.91 Å². The number of amides is 1. The second kappa shape index (κ2) is 9.37. The average molecular weight is 515 g/mol. The molecule has 188 valence electrons. The highest BCUT2D eigenvalue weighted by Crippen LogP contribution is 2.38. The lowest BCUT2D eigenvalue weighted by atomic mass is 10.0. The molecule has 2 aromatic heterocycles. The molecule has 1 amide bonds. The van der Waals surface area contributed by atoms with Gasteiger partial charge in [-0.25, -0.2) is 18.1 Å². The number of fused-ring (bicyclic) bond motifs is 2. The minimum Gasteiger partial charge on any atom is -0.485 e. The summed E-state index contributed by atoms with van der Waals surface area (Å²) in [6, 6.07) is 22.5. The number of carbonyl (C=O) groups excluding carboxylic acids is 1. The first kappa shape index (κ1) is 24.5. The first-order chi connectivity index (χ1) is 17.6. The van der Waals surface area contributed by atoms with Crippen LogP contribution in [0.3, 0.4) is 0 Å². The number of hydrogen-bond donors (Lipinski definition) is 1. The van der Waals surface area contributed by atoms with Gasteiger partial charge in [-0.15, -0.1) is 0 Å². The van der Waals surface area contributed by atoms with Crippen LogP contribution in [-0.2, 0) is 10.0 Å². The van der Waals surface area contributed by atoms with Gasteiger partial charge in [-0.3, -0.25) is 4.79 Å². The molecular weight excluding hydrogens is 488 g/mol. The van der Waals surface area contributed by atoms with E-state index in [0.29, 0.717) is 33.7 Å². The molecule has 1 N–H and O–H groups in total. The number of nitrogens with one attached hydrogen (secondary N) is 1. The Bertz CT molecular complexity index is 1760. The maximum atomic E-state index is 13.3. The third-order valence-electron chi connectivity index (χ3n) is 6.30. The molecule has 0 unspecified atom stereocenters.